The molecule has 3 nitrogen and oxygen atoms in total. The van der Waals surface area contributed by atoms with Crippen LogP contribution in [0.25, 0.3) is 0 Å². The van der Waals surface area contributed by atoms with Gasteiger partial charge in [-0.25, -0.2) is 4.39 Å². The molecular weight excluding hydrogens is 325 g/mol. The Kier molecular flexibility index (Phi) is 5.54. The predicted molar refractivity (Wildman–Crippen MR) is 79.2 cm³/mol. The molecule has 1 aromatic rings. The highest BCUT2D eigenvalue weighted by Crippen LogP contribution is 2.31. The minimum absolute atomic E-state index is 0.124. The second-order valence-corrected chi connectivity index (χ2v) is 6.52. The van der Waals surface area contributed by atoms with E-state index in [4.69, 9.17) is 4.74 Å². The number of nitrogens with one attached hydrogen (secondary N) is 1. The van der Waals surface area contributed by atoms with Crippen molar-refractivity contribution < 1.29 is 13.9 Å². The summed E-state index contributed by atoms with van der Waals surface area (Å²) < 4.78 is 19.7. The van der Waals surface area contributed by atoms with Crippen molar-refractivity contribution in [1.82, 2.24) is 5.32 Å². The zero-order valence-corrected chi connectivity index (χ0v) is 13.0. The monoisotopic (exact) mass is 343 g/mol. The van der Waals surface area contributed by atoms with E-state index < -0.39 is 6.10 Å². The summed E-state index contributed by atoms with van der Waals surface area (Å²) in [6.07, 6.45) is 1.91. The molecule has 20 heavy (non-hydrogen) atoms. The molecule has 2 unspecified atom stereocenters. The van der Waals surface area contributed by atoms with Crippen LogP contribution in [0.4, 0.5) is 4.39 Å². The molecule has 0 aliphatic heterocycles. The van der Waals surface area contributed by atoms with Gasteiger partial charge in [0.05, 0.1) is 11.4 Å². The molecule has 1 N–H and O–H groups in total. The quantitative estimate of drug-likeness (QED) is 0.772. The van der Waals surface area contributed by atoms with E-state index in [1.807, 2.05) is 0 Å². The van der Waals surface area contributed by atoms with Crippen molar-refractivity contribution >= 4 is 21.8 Å². The highest BCUT2D eigenvalue weighted by molar-refractivity contribution is 9.10. The molecule has 0 heterocycles. The van der Waals surface area contributed by atoms with Crippen LogP contribution in [0.15, 0.2) is 24.3 Å². The van der Waals surface area contributed by atoms with Gasteiger partial charge in [0.15, 0.2) is 0 Å². The fraction of sp³-hybridized carbons (Fsp3) is 0.533. The van der Waals surface area contributed by atoms with E-state index in [2.05, 4.69) is 21.2 Å². The van der Waals surface area contributed by atoms with Crippen LogP contribution < -0.4 is 5.32 Å². The third-order valence-electron chi connectivity index (χ3n) is 3.31. The Morgan fingerprint density at radius 1 is 1.50 bits per heavy atom. The standard InChI is InChI=1S/C15H19BrFNO2/c1-10(16)15(19)18-8-14(20-9-11-6-7-11)12-4-2-3-5-13(12)17/h2-5,10-11,14H,6-9H2,1H3,(H,18,19). The summed E-state index contributed by atoms with van der Waals surface area (Å²) in [7, 11) is 0. The zero-order chi connectivity index (χ0) is 14.5. The Morgan fingerprint density at radius 3 is 2.80 bits per heavy atom. The maximum atomic E-state index is 13.9. The average Bonchev–Trinajstić information content (AvgIpc) is 3.23. The van der Waals surface area contributed by atoms with E-state index in [1.54, 1.807) is 25.1 Å². The van der Waals surface area contributed by atoms with Gasteiger partial charge in [0.2, 0.25) is 5.91 Å². The third-order valence-corrected chi connectivity index (χ3v) is 3.72. The molecule has 2 atom stereocenters. The molecule has 0 bridgehead atoms. The van der Waals surface area contributed by atoms with Crippen molar-refractivity contribution in [3.63, 3.8) is 0 Å². The highest BCUT2D eigenvalue weighted by atomic mass is 79.9. The van der Waals surface area contributed by atoms with Gasteiger partial charge in [-0.2, -0.15) is 0 Å². The molecule has 1 aliphatic rings. The number of rotatable bonds is 7. The van der Waals surface area contributed by atoms with Gasteiger partial charge in [0.25, 0.3) is 0 Å². The van der Waals surface area contributed by atoms with Gasteiger partial charge in [-0.3, -0.25) is 4.79 Å². The lowest BCUT2D eigenvalue weighted by molar-refractivity contribution is -0.120. The molecule has 1 saturated carbocycles. The van der Waals surface area contributed by atoms with Gasteiger partial charge in [-0.1, -0.05) is 34.1 Å². The molecule has 5 heteroatoms. The number of carbonyl (C=O) groups is 1. The molecule has 1 aliphatic carbocycles. The number of ether oxygens (including phenoxy) is 1. The van der Waals surface area contributed by atoms with Crippen LogP contribution in [0.5, 0.6) is 0 Å². The minimum Gasteiger partial charge on any atom is -0.371 e. The first-order valence-electron chi connectivity index (χ1n) is 6.85. The lowest BCUT2D eigenvalue weighted by Crippen LogP contribution is -2.34. The van der Waals surface area contributed by atoms with Crippen molar-refractivity contribution in [3.8, 4) is 0 Å². The van der Waals surface area contributed by atoms with Crippen LogP contribution in [0.1, 0.15) is 31.4 Å². The normalized spacial score (nSPS) is 17.6. The molecular formula is C15H19BrFNO2. The van der Waals surface area contributed by atoms with Crippen molar-refractivity contribution in [1.29, 1.82) is 0 Å². The van der Waals surface area contributed by atoms with Gasteiger partial charge in [-0.15, -0.1) is 0 Å². The van der Waals surface area contributed by atoms with Gasteiger partial charge in [0, 0.05) is 12.1 Å². The van der Waals surface area contributed by atoms with Crippen molar-refractivity contribution in [2.75, 3.05) is 13.2 Å². The number of benzene rings is 1. The first-order chi connectivity index (χ1) is 9.58. The molecule has 0 radical (unpaired) electrons. The number of carbonyl (C=O) groups excluding carboxylic acids is 1. The maximum Gasteiger partial charge on any atom is 0.233 e. The van der Waals surface area contributed by atoms with Gasteiger partial charge >= 0.3 is 0 Å². The molecule has 1 fully saturated rings. The summed E-state index contributed by atoms with van der Waals surface area (Å²) in [4.78, 5) is 11.3. The van der Waals surface area contributed by atoms with Gasteiger partial charge < -0.3 is 10.1 Å². The summed E-state index contributed by atoms with van der Waals surface area (Å²) in [6, 6.07) is 6.55. The number of hydrogen-bond donors (Lipinski definition) is 1. The third kappa shape index (κ3) is 4.56. The summed E-state index contributed by atoms with van der Waals surface area (Å²) >= 11 is 3.21. The second kappa shape index (κ2) is 7.18. The van der Waals surface area contributed by atoms with Crippen LogP contribution in [-0.4, -0.2) is 23.9 Å². The summed E-state index contributed by atoms with van der Waals surface area (Å²) in [5, 5.41) is 2.77. The Balaban J connectivity index is 1.99. The fourth-order valence-corrected chi connectivity index (χ4v) is 2.03. The van der Waals surface area contributed by atoms with Crippen LogP contribution >= 0.6 is 15.9 Å². The maximum absolute atomic E-state index is 13.9. The molecule has 0 aromatic heterocycles. The zero-order valence-electron chi connectivity index (χ0n) is 11.4. The van der Waals surface area contributed by atoms with E-state index >= 15 is 0 Å². The first-order valence-corrected chi connectivity index (χ1v) is 7.77. The van der Waals surface area contributed by atoms with Crippen LogP contribution in [-0.2, 0) is 9.53 Å². The van der Waals surface area contributed by atoms with E-state index in [9.17, 15) is 9.18 Å². The topological polar surface area (TPSA) is 38.3 Å². The molecule has 0 saturated heterocycles. The first kappa shape index (κ1) is 15.4. The lowest BCUT2D eigenvalue weighted by Gasteiger charge is -2.20. The van der Waals surface area contributed by atoms with E-state index in [0.717, 1.165) is 0 Å². The Labute approximate surface area is 127 Å². The van der Waals surface area contributed by atoms with Crippen LogP contribution in [0, 0.1) is 11.7 Å². The van der Waals surface area contributed by atoms with Crippen LogP contribution in [0.3, 0.4) is 0 Å². The van der Waals surface area contributed by atoms with Crippen molar-refractivity contribution in [3.05, 3.63) is 35.6 Å². The smallest absolute Gasteiger partial charge is 0.233 e. The number of alkyl halides is 1. The number of hydrogen-bond acceptors (Lipinski definition) is 2. The Morgan fingerprint density at radius 2 is 2.20 bits per heavy atom. The number of halogens is 2. The molecule has 0 spiro atoms. The lowest BCUT2D eigenvalue weighted by atomic mass is 10.1. The molecule has 110 valence electrons. The van der Waals surface area contributed by atoms with Crippen molar-refractivity contribution in [2.45, 2.75) is 30.7 Å². The second-order valence-electron chi connectivity index (χ2n) is 5.15. The minimum atomic E-state index is -0.438. The molecule has 1 aromatic carbocycles. The largest absolute Gasteiger partial charge is 0.371 e. The van der Waals surface area contributed by atoms with Crippen molar-refractivity contribution in [2.24, 2.45) is 5.92 Å². The van der Waals surface area contributed by atoms with E-state index in [-0.39, 0.29) is 23.1 Å². The summed E-state index contributed by atoms with van der Waals surface area (Å²) in [5.41, 5.74) is 0.496. The van der Waals surface area contributed by atoms with Crippen LogP contribution in [0.2, 0.25) is 0 Å². The fourth-order valence-electron chi connectivity index (χ4n) is 1.87. The van der Waals surface area contributed by atoms with Gasteiger partial charge in [0.1, 0.15) is 11.9 Å². The van der Waals surface area contributed by atoms with Gasteiger partial charge in [-0.05, 0) is 31.7 Å². The molecule has 1 amide bonds. The van der Waals surface area contributed by atoms with E-state index in [1.165, 1.54) is 18.9 Å². The SMILES string of the molecule is CC(Br)C(=O)NCC(OCC1CC1)c1ccccc1F. The van der Waals surface area contributed by atoms with E-state index in [0.29, 0.717) is 18.1 Å². The number of amides is 1. The highest BCUT2D eigenvalue weighted by Gasteiger charge is 2.25. The predicted octanol–water partition coefficient (Wildman–Crippen LogP) is 3.19. The molecule has 2 rings (SSSR count). The Hall–Kier alpha value is -0.940. The average molecular weight is 344 g/mol. The summed E-state index contributed by atoms with van der Waals surface area (Å²) in [6.45, 7) is 2.65. The summed E-state index contributed by atoms with van der Waals surface area (Å²) in [5.74, 6) is 0.172. The Bertz CT molecular complexity index is 463.